The van der Waals surface area contributed by atoms with Crippen LogP contribution in [-0.4, -0.2) is 36.2 Å². The summed E-state index contributed by atoms with van der Waals surface area (Å²) in [5, 5.41) is 19.6. The number of thioether (sulfide) groups is 1. The van der Waals surface area contributed by atoms with Gasteiger partial charge in [-0.15, -0.1) is 0 Å². The van der Waals surface area contributed by atoms with Crippen molar-refractivity contribution in [2.75, 3.05) is 13.7 Å². The van der Waals surface area contributed by atoms with Crippen LogP contribution in [-0.2, 0) is 19.7 Å². The molecule has 0 spiro atoms. The Labute approximate surface area is 186 Å². The maximum atomic E-state index is 10.8. The van der Waals surface area contributed by atoms with Crippen molar-refractivity contribution in [3.05, 3.63) is 76.4 Å². The summed E-state index contributed by atoms with van der Waals surface area (Å²) in [5.74, 6) is 0.495. The molecule has 0 aromatic heterocycles. The average molecular weight is 443 g/mol. The minimum atomic E-state index is -1.18. The number of aliphatic carboxylic acids is 1. The number of allylic oxidation sites excluding steroid dienone is 1. The van der Waals surface area contributed by atoms with Gasteiger partial charge < -0.3 is 24.4 Å². The first kappa shape index (κ1) is 22.8. The number of hydrogen-bond acceptors (Lipinski definition) is 6. The summed E-state index contributed by atoms with van der Waals surface area (Å²) in [5.41, 5.74) is 1.55. The molecule has 2 aromatic rings. The van der Waals surface area contributed by atoms with E-state index in [1.807, 2.05) is 42.5 Å². The highest BCUT2D eigenvalue weighted by molar-refractivity contribution is 8.03. The van der Waals surface area contributed by atoms with E-state index in [1.165, 1.54) is 11.8 Å². The first-order valence-corrected chi connectivity index (χ1v) is 10.6. The highest BCUT2D eigenvalue weighted by Gasteiger charge is 2.28. The zero-order valence-electron chi connectivity index (χ0n) is 17.9. The molecule has 0 fully saturated rings. The molecule has 164 valence electrons. The van der Waals surface area contributed by atoms with Gasteiger partial charge in [-0.25, -0.2) is 4.79 Å². The van der Waals surface area contributed by atoms with Gasteiger partial charge in [0.2, 0.25) is 6.29 Å². The molecule has 0 bridgehead atoms. The van der Waals surface area contributed by atoms with Gasteiger partial charge in [0.25, 0.3) is 0 Å². The summed E-state index contributed by atoms with van der Waals surface area (Å²) in [7, 11) is 1.56. The maximum Gasteiger partial charge on any atom is 0.341 e. The van der Waals surface area contributed by atoms with E-state index >= 15 is 0 Å². The van der Waals surface area contributed by atoms with E-state index in [2.05, 4.69) is 20.8 Å². The van der Waals surface area contributed by atoms with Crippen molar-refractivity contribution < 1.29 is 29.2 Å². The molecule has 2 aromatic carbocycles. The summed E-state index contributed by atoms with van der Waals surface area (Å²) in [6.07, 6.45) is 0.585. The van der Waals surface area contributed by atoms with Crippen LogP contribution in [0.3, 0.4) is 0 Å². The van der Waals surface area contributed by atoms with Gasteiger partial charge in [0.05, 0.1) is 12.0 Å². The fraction of sp³-hybridized carbons (Fsp3) is 0.292. The summed E-state index contributed by atoms with van der Waals surface area (Å²) in [6.45, 7) is 5.76. The van der Waals surface area contributed by atoms with Crippen molar-refractivity contribution in [2.24, 2.45) is 0 Å². The Morgan fingerprint density at radius 2 is 1.87 bits per heavy atom. The van der Waals surface area contributed by atoms with Crippen molar-refractivity contribution in [3.8, 4) is 5.75 Å². The molecule has 0 amide bonds. The van der Waals surface area contributed by atoms with Crippen LogP contribution in [0.5, 0.6) is 5.75 Å². The number of aliphatic hydroxyl groups is 1. The third-order valence-electron chi connectivity index (χ3n) is 4.59. The molecular formula is C24H26O6S. The van der Waals surface area contributed by atoms with Crippen LogP contribution in [0, 0.1) is 0 Å². The van der Waals surface area contributed by atoms with E-state index in [0.29, 0.717) is 22.2 Å². The molecule has 1 heterocycles. The largest absolute Gasteiger partial charge is 0.496 e. The molecule has 0 saturated heterocycles. The molecule has 3 rings (SSSR count). The van der Waals surface area contributed by atoms with Crippen LogP contribution >= 0.6 is 11.8 Å². The second kappa shape index (κ2) is 9.49. The molecule has 1 unspecified atom stereocenters. The molecule has 1 aliphatic rings. The fourth-order valence-corrected chi connectivity index (χ4v) is 4.31. The van der Waals surface area contributed by atoms with E-state index in [9.17, 15) is 9.90 Å². The van der Waals surface area contributed by atoms with Crippen LogP contribution in [0.1, 0.15) is 31.9 Å². The standard InChI is InChI=1S/C24H26O6S/c1-24(2,3)17-12-16(29-14-21(25)26)10-11-20(17)31-22-19(28-4)13-18(30-23(22)27)15-8-6-5-7-9-15/h5-13,23,27H,14H2,1-4H3,(H,25,26). The Bertz CT molecular complexity index is 1000. The minimum Gasteiger partial charge on any atom is -0.496 e. The zero-order valence-corrected chi connectivity index (χ0v) is 18.7. The second-order valence-corrected chi connectivity index (χ2v) is 9.05. The first-order valence-electron chi connectivity index (χ1n) is 9.76. The number of methoxy groups -OCH3 is 1. The topological polar surface area (TPSA) is 85.2 Å². The molecule has 0 radical (unpaired) electrons. The monoisotopic (exact) mass is 442 g/mol. The minimum absolute atomic E-state index is 0.246. The number of carboxylic acid groups (broad SMARTS) is 1. The zero-order chi connectivity index (χ0) is 22.6. The van der Waals surface area contributed by atoms with Crippen molar-refractivity contribution in [1.29, 1.82) is 0 Å². The third-order valence-corrected chi connectivity index (χ3v) is 5.79. The van der Waals surface area contributed by atoms with Crippen molar-refractivity contribution >= 4 is 23.5 Å². The van der Waals surface area contributed by atoms with Crippen molar-refractivity contribution in [2.45, 2.75) is 37.4 Å². The van der Waals surface area contributed by atoms with Gasteiger partial charge in [-0.05, 0) is 29.2 Å². The van der Waals surface area contributed by atoms with E-state index < -0.39 is 18.9 Å². The van der Waals surface area contributed by atoms with Gasteiger partial charge in [0.1, 0.15) is 17.3 Å². The van der Waals surface area contributed by atoms with Gasteiger partial charge >= 0.3 is 5.97 Å². The van der Waals surface area contributed by atoms with Gasteiger partial charge in [-0.2, -0.15) is 0 Å². The summed E-state index contributed by atoms with van der Waals surface area (Å²) >= 11 is 1.35. The average Bonchev–Trinajstić information content (AvgIpc) is 2.73. The Hall–Kier alpha value is -2.90. The number of aliphatic hydroxyl groups excluding tert-OH is 1. The van der Waals surface area contributed by atoms with Gasteiger partial charge in [0.15, 0.2) is 6.61 Å². The lowest BCUT2D eigenvalue weighted by Crippen LogP contribution is -2.20. The number of carboxylic acids is 1. The number of hydrogen-bond donors (Lipinski definition) is 2. The Morgan fingerprint density at radius 1 is 1.16 bits per heavy atom. The molecule has 0 saturated carbocycles. The summed E-state index contributed by atoms with van der Waals surface area (Å²) < 4.78 is 16.7. The van der Waals surface area contributed by atoms with E-state index in [0.717, 1.165) is 16.0 Å². The SMILES string of the molecule is COC1=C(Sc2ccc(OCC(=O)O)cc2C(C)(C)C)C(O)OC(c2ccccc2)=C1. The predicted octanol–water partition coefficient (Wildman–Crippen LogP) is 4.79. The first-order chi connectivity index (χ1) is 14.7. The molecular weight excluding hydrogens is 416 g/mol. The van der Waals surface area contributed by atoms with Crippen molar-refractivity contribution in [1.82, 2.24) is 0 Å². The van der Waals surface area contributed by atoms with Crippen LogP contribution in [0.15, 0.2) is 70.2 Å². The smallest absolute Gasteiger partial charge is 0.341 e. The Balaban J connectivity index is 1.97. The normalized spacial score (nSPS) is 16.4. The van der Waals surface area contributed by atoms with Crippen LogP contribution in [0.4, 0.5) is 0 Å². The molecule has 6 nitrogen and oxygen atoms in total. The number of carbonyl (C=O) groups is 1. The Kier molecular flexibility index (Phi) is 6.97. The number of benzene rings is 2. The van der Waals surface area contributed by atoms with E-state index in [4.69, 9.17) is 19.3 Å². The summed E-state index contributed by atoms with van der Waals surface area (Å²) in [4.78, 5) is 12.2. The second-order valence-electron chi connectivity index (χ2n) is 7.97. The van der Waals surface area contributed by atoms with Crippen molar-refractivity contribution in [3.63, 3.8) is 0 Å². The van der Waals surface area contributed by atoms with Gasteiger partial charge in [-0.3, -0.25) is 0 Å². The quantitative estimate of drug-likeness (QED) is 0.638. The maximum absolute atomic E-state index is 10.8. The van der Waals surface area contributed by atoms with Crippen LogP contribution in [0.25, 0.3) is 5.76 Å². The highest BCUT2D eigenvalue weighted by Crippen LogP contribution is 2.43. The lowest BCUT2D eigenvalue weighted by Gasteiger charge is -2.28. The molecule has 1 aliphatic heterocycles. The lowest BCUT2D eigenvalue weighted by atomic mass is 9.87. The number of ether oxygens (including phenoxy) is 3. The molecule has 1 atom stereocenters. The molecule has 0 aliphatic carbocycles. The van der Waals surface area contributed by atoms with Crippen LogP contribution in [0.2, 0.25) is 0 Å². The summed E-state index contributed by atoms with van der Waals surface area (Å²) in [6, 6.07) is 14.9. The fourth-order valence-electron chi connectivity index (χ4n) is 3.07. The molecule has 7 heteroatoms. The highest BCUT2D eigenvalue weighted by atomic mass is 32.2. The Morgan fingerprint density at radius 3 is 2.48 bits per heavy atom. The van der Waals surface area contributed by atoms with E-state index in [-0.39, 0.29) is 5.41 Å². The molecule has 2 N–H and O–H groups in total. The number of rotatable bonds is 7. The van der Waals surface area contributed by atoms with Gasteiger partial charge in [0, 0.05) is 16.5 Å². The molecule has 31 heavy (non-hydrogen) atoms. The predicted molar refractivity (Wildman–Crippen MR) is 120 cm³/mol. The third kappa shape index (κ3) is 5.62. The van der Waals surface area contributed by atoms with E-state index in [1.54, 1.807) is 19.3 Å². The van der Waals surface area contributed by atoms with Gasteiger partial charge in [-0.1, -0.05) is 62.9 Å². The lowest BCUT2D eigenvalue weighted by molar-refractivity contribution is -0.139. The van der Waals surface area contributed by atoms with Crippen LogP contribution < -0.4 is 4.74 Å².